The van der Waals surface area contributed by atoms with Gasteiger partial charge in [-0.25, -0.2) is 9.98 Å². The van der Waals surface area contributed by atoms with E-state index >= 15 is 0 Å². The van der Waals surface area contributed by atoms with Crippen LogP contribution in [0.1, 0.15) is 18.2 Å². The molecule has 5 heteroatoms. The number of nitrogens with one attached hydrogen (secondary N) is 1. The number of amidine groups is 1. The first-order chi connectivity index (χ1) is 10.6. The number of aromatic nitrogens is 1. The van der Waals surface area contributed by atoms with E-state index in [1.54, 1.807) is 12.1 Å². The van der Waals surface area contributed by atoms with Crippen molar-refractivity contribution in [3.63, 3.8) is 0 Å². The average Bonchev–Trinajstić information content (AvgIpc) is 2.54. The Morgan fingerprint density at radius 2 is 2.09 bits per heavy atom. The van der Waals surface area contributed by atoms with Crippen molar-refractivity contribution in [1.82, 2.24) is 4.98 Å². The van der Waals surface area contributed by atoms with Crippen LogP contribution in [0.4, 0.5) is 5.69 Å². The van der Waals surface area contributed by atoms with Gasteiger partial charge in [-0.05, 0) is 19.1 Å². The first kappa shape index (κ1) is 14.6. The normalized spacial score (nSPS) is 21.6. The number of rotatable bonds is 3. The first-order valence-electron chi connectivity index (χ1n) is 6.97. The molecule has 1 atom stereocenters. The monoisotopic (exact) mass is 313 g/mol. The van der Waals surface area contributed by atoms with Gasteiger partial charge in [-0.1, -0.05) is 48.0 Å². The van der Waals surface area contributed by atoms with E-state index in [2.05, 4.69) is 21.9 Å². The van der Waals surface area contributed by atoms with E-state index in [4.69, 9.17) is 16.3 Å². The summed E-state index contributed by atoms with van der Waals surface area (Å²) in [6.07, 6.45) is 1.72. The molecular formula is C17H16ClN3O. The molecule has 1 aromatic carbocycles. The largest absolute Gasteiger partial charge is 0.447 e. The third kappa shape index (κ3) is 2.57. The lowest BCUT2D eigenvalue weighted by Gasteiger charge is -2.36. The van der Waals surface area contributed by atoms with Crippen LogP contribution < -0.4 is 5.32 Å². The summed E-state index contributed by atoms with van der Waals surface area (Å²) in [5.41, 5.74) is 1.81. The van der Waals surface area contributed by atoms with Gasteiger partial charge in [0.05, 0.1) is 12.2 Å². The summed E-state index contributed by atoms with van der Waals surface area (Å²) in [7, 11) is 0. The van der Waals surface area contributed by atoms with Crippen LogP contribution in [0.5, 0.6) is 0 Å². The van der Waals surface area contributed by atoms with Gasteiger partial charge in [0.2, 0.25) is 0 Å². The molecule has 0 spiro atoms. The summed E-state index contributed by atoms with van der Waals surface area (Å²) in [5.74, 6) is 0. The van der Waals surface area contributed by atoms with Crippen molar-refractivity contribution < 1.29 is 4.74 Å². The zero-order valence-electron chi connectivity index (χ0n) is 12.2. The maximum Gasteiger partial charge on any atom is 0.290 e. The van der Waals surface area contributed by atoms with Crippen molar-refractivity contribution in [2.24, 2.45) is 4.99 Å². The second kappa shape index (κ2) is 5.81. The number of benzene rings is 1. The maximum atomic E-state index is 6.11. The molecule has 2 heterocycles. The van der Waals surface area contributed by atoms with Crippen molar-refractivity contribution in [3.05, 3.63) is 71.5 Å². The standard InChI is InChI=1S/C17H16ClN3O/c1-3-11-19-16-20-13-9-10-14(18)21-15(13)17(2,22-16)12-7-5-4-6-8-12/h3-10H,1,11H2,2H3,(H,19,20). The van der Waals surface area contributed by atoms with Gasteiger partial charge in [-0.2, -0.15) is 0 Å². The molecule has 0 saturated carbocycles. The van der Waals surface area contributed by atoms with E-state index in [0.717, 1.165) is 16.9 Å². The summed E-state index contributed by atoms with van der Waals surface area (Å²) < 4.78 is 6.11. The first-order valence-corrected chi connectivity index (χ1v) is 7.35. The zero-order valence-corrected chi connectivity index (χ0v) is 13.0. The molecule has 0 fully saturated rings. The van der Waals surface area contributed by atoms with Gasteiger partial charge < -0.3 is 10.1 Å². The number of nitrogens with zero attached hydrogens (tertiary/aromatic N) is 2. The van der Waals surface area contributed by atoms with Crippen LogP contribution >= 0.6 is 11.6 Å². The van der Waals surface area contributed by atoms with Gasteiger partial charge >= 0.3 is 0 Å². The van der Waals surface area contributed by atoms with Gasteiger partial charge in [-0.3, -0.25) is 0 Å². The third-order valence-electron chi connectivity index (χ3n) is 3.54. The highest BCUT2D eigenvalue weighted by Crippen LogP contribution is 2.40. The zero-order chi connectivity index (χ0) is 15.6. The summed E-state index contributed by atoms with van der Waals surface area (Å²) in [4.78, 5) is 8.81. The van der Waals surface area contributed by atoms with Crippen LogP contribution in [0.25, 0.3) is 0 Å². The summed E-state index contributed by atoms with van der Waals surface area (Å²) >= 11 is 6.07. The molecule has 3 rings (SSSR count). The molecule has 0 bridgehead atoms. The Hall–Kier alpha value is -2.33. The topological polar surface area (TPSA) is 46.5 Å². The third-order valence-corrected chi connectivity index (χ3v) is 3.75. The van der Waals surface area contributed by atoms with Gasteiger partial charge in [0, 0.05) is 5.56 Å². The average molecular weight is 314 g/mol. The second-order valence-corrected chi connectivity index (χ2v) is 5.48. The number of anilines is 1. The van der Waals surface area contributed by atoms with Crippen LogP contribution in [-0.2, 0) is 10.3 Å². The lowest BCUT2D eigenvalue weighted by molar-refractivity contribution is 0.107. The highest BCUT2D eigenvalue weighted by molar-refractivity contribution is 6.29. The number of fused-ring (bicyclic) bond motifs is 1. The smallest absolute Gasteiger partial charge is 0.290 e. The Labute approximate surface area is 134 Å². The lowest BCUT2D eigenvalue weighted by Crippen LogP contribution is -2.40. The van der Waals surface area contributed by atoms with Crippen molar-refractivity contribution in [2.45, 2.75) is 12.5 Å². The minimum atomic E-state index is -0.757. The molecule has 1 aliphatic heterocycles. The molecule has 22 heavy (non-hydrogen) atoms. The maximum absolute atomic E-state index is 6.11. The Kier molecular flexibility index (Phi) is 3.86. The number of aliphatic imine (C=N–C) groups is 1. The Morgan fingerprint density at radius 3 is 2.82 bits per heavy atom. The minimum absolute atomic E-state index is 0.429. The van der Waals surface area contributed by atoms with Crippen LogP contribution in [0.3, 0.4) is 0 Å². The molecule has 4 nitrogen and oxygen atoms in total. The van der Waals surface area contributed by atoms with Gasteiger partial charge in [0.15, 0.2) is 5.60 Å². The summed E-state index contributed by atoms with van der Waals surface area (Å²) in [5, 5.41) is 3.57. The van der Waals surface area contributed by atoms with E-state index in [9.17, 15) is 0 Å². The van der Waals surface area contributed by atoms with E-state index in [1.165, 1.54) is 0 Å². The number of hydrogen-bond donors (Lipinski definition) is 1. The van der Waals surface area contributed by atoms with Crippen LogP contribution in [0.2, 0.25) is 5.15 Å². The molecule has 1 aliphatic rings. The number of halogens is 1. The highest BCUT2D eigenvalue weighted by atomic mass is 35.5. The fourth-order valence-electron chi connectivity index (χ4n) is 2.45. The molecule has 0 radical (unpaired) electrons. The van der Waals surface area contributed by atoms with E-state index in [1.807, 2.05) is 43.3 Å². The molecule has 2 aromatic rings. The quantitative estimate of drug-likeness (QED) is 0.688. The van der Waals surface area contributed by atoms with Crippen molar-refractivity contribution in [2.75, 3.05) is 11.9 Å². The number of pyridine rings is 1. The Morgan fingerprint density at radius 1 is 1.32 bits per heavy atom. The highest BCUT2D eigenvalue weighted by Gasteiger charge is 2.40. The predicted molar refractivity (Wildman–Crippen MR) is 89.3 cm³/mol. The molecule has 0 amide bonds. The summed E-state index contributed by atoms with van der Waals surface area (Å²) in [6.45, 7) is 6.12. The van der Waals surface area contributed by atoms with E-state index in [0.29, 0.717) is 17.7 Å². The Balaban J connectivity index is 2.15. The molecule has 0 saturated heterocycles. The molecule has 112 valence electrons. The van der Waals surface area contributed by atoms with Crippen molar-refractivity contribution in [3.8, 4) is 0 Å². The van der Waals surface area contributed by atoms with Crippen molar-refractivity contribution >= 4 is 23.3 Å². The molecule has 1 unspecified atom stereocenters. The fraction of sp³-hybridized carbons (Fsp3) is 0.176. The number of ether oxygens (including phenoxy) is 1. The van der Waals surface area contributed by atoms with Gasteiger partial charge in [0.25, 0.3) is 6.02 Å². The van der Waals surface area contributed by atoms with Crippen LogP contribution in [0, 0.1) is 0 Å². The number of hydrogen-bond acceptors (Lipinski definition) is 3. The molecule has 1 N–H and O–H groups in total. The Bertz CT molecular complexity index is 730. The van der Waals surface area contributed by atoms with E-state index in [-0.39, 0.29) is 0 Å². The minimum Gasteiger partial charge on any atom is -0.447 e. The molecule has 0 aliphatic carbocycles. The summed E-state index contributed by atoms with van der Waals surface area (Å²) in [6, 6.07) is 14.0. The fourth-order valence-corrected chi connectivity index (χ4v) is 2.60. The van der Waals surface area contributed by atoms with Crippen LogP contribution in [-0.4, -0.2) is 17.6 Å². The van der Waals surface area contributed by atoms with Gasteiger partial charge in [0.1, 0.15) is 10.8 Å². The molecular weight excluding hydrogens is 298 g/mol. The van der Waals surface area contributed by atoms with Crippen LogP contribution in [0.15, 0.2) is 60.1 Å². The van der Waals surface area contributed by atoms with Gasteiger partial charge in [-0.15, -0.1) is 6.58 Å². The molecule has 1 aromatic heterocycles. The lowest BCUT2D eigenvalue weighted by atomic mass is 9.90. The SMILES string of the molecule is C=CCN=C1Nc2ccc(Cl)nc2C(C)(c2ccccc2)O1. The van der Waals surface area contributed by atoms with Crippen molar-refractivity contribution in [1.29, 1.82) is 0 Å². The predicted octanol–water partition coefficient (Wildman–Crippen LogP) is 3.98. The second-order valence-electron chi connectivity index (χ2n) is 5.09. The van der Waals surface area contributed by atoms with E-state index < -0.39 is 5.60 Å².